The lowest BCUT2D eigenvalue weighted by Gasteiger charge is -2.36. The molecule has 1 saturated heterocycles. The Morgan fingerprint density at radius 3 is 2.11 bits per heavy atom. The molecule has 46 heavy (non-hydrogen) atoms. The summed E-state index contributed by atoms with van der Waals surface area (Å²) in [5.41, 5.74) is 3.01. The maximum Gasteiger partial charge on any atom is 0.282 e. The molecule has 1 atom stereocenters. The van der Waals surface area contributed by atoms with E-state index in [9.17, 15) is 16.8 Å². The van der Waals surface area contributed by atoms with Crippen molar-refractivity contribution in [1.82, 2.24) is 17.8 Å². The van der Waals surface area contributed by atoms with Crippen LogP contribution in [0, 0.1) is 11.8 Å². The lowest BCUT2D eigenvalue weighted by Crippen LogP contribution is -2.49. The van der Waals surface area contributed by atoms with Crippen molar-refractivity contribution in [3.05, 3.63) is 58.6 Å². The van der Waals surface area contributed by atoms with Crippen molar-refractivity contribution in [2.75, 3.05) is 71.4 Å². The molecule has 0 radical (unpaired) electrons. The molecule has 0 bridgehead atoms. The normalized spacial score (nSPS) is 22.7. The summed E-state index contributed by atoms with van der Waals surface area (Å²) < 4.78 is 61.3. The minimum absolute atomic E-state index is 0.195. The fourth-order valence-electron chi connectivity index (χ4n) is 7.23. The highest BCUT2D eigenvalue weighted by Crippen LogP contribution is 2.29. The van der Waals surface area contributed by atoms with Gasteiger partial charge in [-0.1, -0.05) is 50.3 Å². The summed E-state index contributed by atoms with van der Waals surface area (Å²) in [5.74, 6) is 0.567. The molecule has 2 aromatic carbocycles. The van der Waals surface area contributed by atoms with E-state index in [1.165, 1.54) is 25.7 Å². The van der Waals surface area contributed by atoms with Gasteiger partial charge >= 0.3 is 0 Å². The smallest absolute Gasteiger partial charge is 0.282 e. The minimum Gasteiger partial charge on any atom is -0.378 e. The van der Waals surface area contributed by atoms with E-state index in [0.29, 0.717) is 37.6 Å². The maximum absolute atomic E-state index is 14.2. The van der Waals surface area contributed by atoms with Crippen molar-refractivity contribution in [1.29, 1.82) is 0 Å². The Hall–Kier alpha value is -1.73. The standard InChI is InChI=1S/C34H52ClN5O4S2/c1-28-25-38(45(41,42)34-14-12-33(13-15-34)36(2)3)20-6-18-37(22-16-29-8-4-5-9-29)19-7-21-39(26-28)46(43,44)40-23-17-30-24-32(35)11-10-31(30)27-40/h10-15,24,28-29H,4-9,16-23,25-27H2,1-3H3/t28-/m0/s1. The summed E-state index contributed by atoms with van der Waals surface area (Å²) in [6, 6.07) is 12.7. The van der Waals surface area contributed by atoms with E-state index in [0.717, 1.165) is 61.6 Å². The molecule has 0 spiro atoms. The first-order valence-electron chi connectivity index (χ1n) is 17.0. The zero-order valence-electron chi connectivity index (χ0n) is 27.8. The molecule has 256 valence electrons. The van der Waals surface area contributed by atoms with Crippen molar-refractivity contribution < 1.29 is 16.8 Å². The molecule has 1 saturated carbocycles. The molecule has 0 N–H and O–H groups in total. The molecule has 2 fully saturated rings. The number of hydrogen-bond acceptors (Lipinski definition) is 6. The summed E-state index contributed by atoms with van der Waals surface area (Å²) in [4.78, 5) is 4.65. The Morgan fingerprint density at radius 2 is 1.43 bits per heavy atom. The van der Waals surface area contributed by atoms with E-state index in [1.807, 2.05) is 56.3 Å². The monoisotopic (exact) mass is 693 g/mol. The average Bonchev–Trinajstić information content (AvgIpc) is 3.55. The second-order valence-corrected chi connectivity index (χ2v) is 18.0. The second kappa shape index (κ2) is 15.7. The van der Waals surface area contributed by atoms with Crippen LogP contribution in [0.5, 0.6) is 0 Å². The van der Waals surface area contributed by atoms with E-state index in [2.05, 4.69) is 4.90 Å². The number of benzene rings is 2. The van der Waals surface area contributed by atoms with Gasteiger partial charge in [0.1, 0.15) is 0 Å². The van der Waals surface area contributed by atoms with E-state index < -0.39 is 20.2 Å². The highest BCUT2D eigenvalue weighted by Gasteiger charge is 2.35. The Balaban J connectivity index is 1.37. The number of sulfonamides is 1. The van der Waals surface area contributed by atoms with Gasteiger partial charge in [0.15, 0.2) is 0 Å². The van der Waals surface area contributed by atoms with E-state index in [-0.39, 0.29) is 23.9 Å². The fraction of sp³-hybridized carbons (Fsp3) is 0.647. The van der Waals surface area contributed by atoms with Crippen molar-refractivity contribution in [3.63, 3.8) is 0 Å². The molecule has 2 aromatic rings. The molecule has 3 aliphatic rings. The highest BCUT2D eigenvalue weighted by molar-refractivity contribution is 7.89. The summed E-state index contributed by atoms with van der Waals surface area (Å²) in [5, 5.41) is 0.664. The van der Waals surface area contributed by atoms with E-state index in [4.69, 9.17) is 11.6 Å². The zero-order chi connectivity index (χ0) is 32.9. The Morgan fingerprint density at radius 1 is 0.783 bits per heavy atom. The summed E-state index contributed by atoms with van der Waals surface area (Å²) in [6.45, 7) is 6.58. The number of rotatable bonds is 8. The molecular formula is C34H52ClN5O4S2. The first-order chi connectivity index (χ1) is 21.9. The van der Waals surface area contributed by atoms with Crippen LogP contribution in [0.1, 0.15) is 63.0 Å². The topological polar surface area (TPSA) is 84.5 Å². The Bertz CT molecular complexity index is 1510. The van der Waals surface area contributed by atoms with Crippen molar-refractivity contribution >= 4 is 37.5 Å². The van der Waals surface area contributed by atoms with Crippen molar-refractivity contribution in [2.24, 2.45) is 11.8 Å². The summed E-state index contributed by atoms with van der Waals surface area (Å²) in [7, 11) is -3.69. The molecule has 0 amide bonds. The van der Waals surface area contributed by atoms with Crippen LogP contribution < -0.4 is 4.90 Å². The van der Waals surface area contributed by atoms with Gasteiger partial charge < -0.3 is 9.80 Å². The number of anilines is 1. The van der Waals surface area contributed by atoms with E-state index in [1.54, 1.807) is 25.0 Å². The summed E-state index contributed by atoms with van der Waals surface area (Å²) >= 11 is 6.21. The molecule has 2 aliphatic heterocycles. The van der Waals surface area contributed by atoms with E-state index >= 15 is 0 Å². The lowest BCUT2D eigenvalue weighted by molar-refractivity contribution is 0.209. The predicted octanol–water partition coefficient (Wildman–Crippen LogP) is 5.31. The zero-order valence-corrected chi connectivity index (χ0v) is 30.2. The molecule has 2 heterocycles. The minimum atomic E-state index is -3.78. The molecule has 9 nitrogen and oxygen atoms in total. The highest BCUT2D eigenvalue weighted by atomic mass is 35.5. The Labute approximate surface area is 282 Å². The number of halogens is 1. The number of hydrogen-bond donors (Lipinski definition) is 0. The molecular weight excluding hydrogens is 642 g/mol. The molecule has 0 aromatic heterocycles. The van der Waals surface area contributed by atoms with Crippen LogP contribution in [0.4, 0.5) is 5.69 Å². The van der Waals surface area contributed by atoms with Crippen LogP contribution in [0.3, 0.4) is 0 Å². The van der Waals surface area contributed by atoms with Gasteiger partial charge in [0.25, 0.3) is 10.2 Å². The van der Waals surface area contributed by atoms with Gasteiger partial charge in [-0.3, -0.25) is 0 Å². The van der Waals surface area contributed by atoms with Crippen LogP contribution in [-0.4, -0.2) is 101 Å². The van der Waals surface area contributed by atoms with Gasteiger partial charge in [0.2, 0.25) is 10.0 Å². The van der Waals surface area contributed by atoms with Crippen LogP contribution in [0.2, 0.25) is 5.02 Å². The maximum atomic E-state index is 14.2. The van der Waals surface area contributed by atoms with Crippen molar-refractivity contribution in [3.8, 4) is 0 Å². The molecule has 5 rings (SSSR count). The molecule has 1 aliphatic carbocycles. The van der Waals surface area contributed by atoms with Crippen LogP contribution in [-0.2, 0) is 33.2 Å². The van der Waals surface area contributed by atoms with Gasteiger partial charge in [0, 0.05) is 64.1 Å². The lowest BCUT2D eigenvalue weighted by atomic mass is 10.0. The third kappa shape index (κ3) is 8.84. The van der Waals surface area contributed by atoms with Gasteiger partial charge in [-0.15, -0.1) is 0 Å². The van der Waals surface area contributed by atoms with Crippen LogP contribution in [0.15, 0.2) is 47.4 Å². The number of nitrogens with zero attached hydrogens (tertiary/aromatic N) is 5. The SMILES string of the molecule is C[C@H]1CN(S(=O)(=O)c2ccc(N(C)C)cc2)CCCN(CCC2CCCC2)CCCN(S(=O)(=O)N2CCc3cc(Cl)ccc3C2)C1. The predicted molar refractivity (Wildman–Crippen MR) is 187 cm³/mol. The van der Waals surface area contributed by atoms with Crippen molar-refractivity contribution in [2.45, 2.75) is 69.7 Å². The quantitative estimate of drug-likeness (QED) is 0.373. The largest absolute Gasteiger partial charge is 0.378 e. The first kappa shape index (κ1) is 35.6. The second-order valence-electron chi connectivity index (χ2n) is 13.7. The van der Waals surface area contributed by atoms with Gasteiger partial charge in [-0.2, -0.15) is 21.3 Å². The third-order valence-electron chi connectivity index (χ3n) is 9.91. The van der Waals surface area contributed by atoms with Gasteiger partial charge in [-0.25, -0.2) is 8.42 Å². The molecule has 12 heteroatoms. The fourth-order valence-corrected chi connectivity index (χ4v) is 10.8. The van der Waals surface area contributed by atoms with Crippen LogP contribution in [0.25, 0.3) is 0 Å². The summed E-state index contributed by atoms with van der Waals surface area (Å²) in [6.07, 6.45) is 8.46. The number of fused-ring (bicyclic) bond motifs is 1. The average molecular weight is 694 g/mol. The molecule has 0 unspecified atom stereocenters. The first-order valence-corrected chi connectivity index (χ1v) is 20.2. The Kier molecular flexibility index (Phi) is 12.1. The van der Waals surface area contributed by atoms with Gasteiger partial charge in [-0.05, 0) is 105 Å². The third-order valence-corrected chi connectivity index (χ3v) is 14.0. The van der Waals surface area contributed by atoms with Gasteiger partial charge in [0.05, 0.1) is 4.90 Å². The van der Waals surface area contributed by atoms with Crippen LogP contribution >= 0.6 is 11.6 Å².